The van der Waals surface area contributed by atoms with Crippen LogP contribution in [0.1, 0.15) is 10.5 Å². The van der Waals surface area contributed by atoms with Gasteiger partial charge in [-0.3, -0.25) is 0 Å². The van der Waals surface area contributed by atoms with Crippen LogP contribution in [0.2, 0.25) is 0 Å². The third-order valence-electron chi connectivity index (χ3n) is 1.42. The van der Waals surface area contributed by atoms with Crippen molar-refractivity contribution in [1.29, 1.82) is 5.26 Å². The van der Waals surface area contributed by atoms with Crippen molar-refractivity contribution in [2.75, 3.05) is 6.61 Å². The summed E-state index contributed by atoms with van der Waals surface area (Å²) in [5.74, 6) is -0.468. The largest absolute Gasteiger partial charge is 0.446 e. The monoisotopic (exact) mass is 164 g/mol. The number of ether oxygens (including phenoxy) is 1. The Hall–Kier alpha value is -1.76. The predicted octanol–water partition coefficient (Wildman–Crippen LogP) is 0.705. The molecule has 0 N–H and O–H groups in total. The third-order valence-corrected chi connectivity index (χ3v) is 1.42. The Bertz CT molecular complexity index is 322. The molecular formula is C8H8N2O2. The van der Waals surface area contributed by atoms with E-state index in [2.05, 4.69) is 4.74 Å². The van der Waals surface area contributed by atoms with Gasteiger partial charge < -0.3 is 9.30 Å². The maximum atomic E-state index is 11.1. The second kappa shape index (κ2) is 3.58. The van der Waals surface area contributed by atoms with E-state index in [-0.39, 0.29) is 6.61 Å². The van der Waals surface area contributed by atoms with E-state index in [0.717, 1.165) is 0 Å². The molecule has 1 aromatic heterocycles. The van der Waals surface area contributed by atoms with Crippen LogP contribution in [-0.4, -0.2) is 17.1 Å². The lowest BCUT2D eigenvalue weighted by Gasteiger charge is -2.00. The Balaban J connectivity index is 2.67. The number of hydrogen-bond donors (Lipinski definition) is 0. The van der Waals surface area contributed by atoms with Crippen LogP contribution in [0.25, 0.3) is 0 Å². The van der Waals surface area contributed by atoms with Crippen LogP contribution in [-0.2, 0) is 11.8 Å². The van der Waals surface area contributed by atoms with Gasteiger partial charge in [0.05, 0.1) is 0 Å². The summed E-state index contributed by atoms with van der Waals surface area (Å²) in [6, 6.07) is 5.11. The highest BCUT2D eigenvalue weighted by Crippen LogP contribution is 2.01. The van der Waals surface area contributed by atoms with Gasteiger partial charge in [-0.1, -0.05) is 0 Å². The molecule has 0 aliphatic heterocycles. The number of nitrogens with zero attached hydrogens (tertiary/aromatic N) is 2. The van der Waals surface area contributed by atoms with Crippen molar-refractivity contribution in [3.63, 3.8) is 0 Å². The van der Waals surface area contributed by atoms with E-state index in [1.165, 1.54) is 0 Å². The van der Waals surface area contributed by atoms with Crippen LogP contribution in [0.4, 0.5) is 0 Å². The average molecular weight is 164 g/mol. The van der Waals surface area contributed by atoms with E-state index in [0.29, 0.717) is 5.69 Å². The number of nitriles is 1. The molecule has 0 saturated carbocycles. The Labute approximate surface area is 70.0 Å². The SMILES string of the molecule is Cn1cccc1C(=O)OCC#N. The molecule has 0 unspecified atom stereocenters. The highest BCUT2D eigenvalue weighted by Gasteiger charge is 2.08. The van der Waals surface area contributed by atoms with Gasteiger partial charge in [-0.15, -0.1) is 0 Å². The Morgan fingerprint density at radius 1 is 1.83 bits per heavy atom. The second-order valence-corrected chi connectivity index (χ2v) is 2.24. The summed E-state index contributed by atoms with van der Waals surface area (Å²) >= 11 is 0. The van der Waals surface area contributed by atoms with Crippen molar-refractivity contribution in [1.82, 2.24) is 4.57 Å². The summed E-state index contributed by atoms with van der Waals surface area (Å²) in [5, 5.41) is 8.15. The van der Waals surface area contributed by atoms with Crippen LogP contribution in [0, 0.1) is 11.3 Å². The van der Waals surface area contributed by atoms with E-state index < -0.39 is 5.97 Å². The van der Waals surface area contributed by atoms with Gasteiger partial charge in [0.25, 0.3) is 0 Å². The molecule has 1 aromatic rings. The average Bonchev–Trinajstić information content (AvgIpc) is 2.47. The number of esters is 1. The molecule has 0 fully saturated rings. The molecule has 4 heteroatoms. The van der Waals surface area contributed by atoms with Crippen LogP contribution >= 0.6 is 0 Å². The molecule has 0 saturated heterocycles. The van der Waals surface area contributed by atoms with Gasteiger partial charge in [0, 0.05) is 13.2 Å². The molecule has 0 spiro atoms. The molecule has 0 aliphatic carbocycles. The maximum absolute atomic E-state index is 11.1. The van der Waals surface area contributed by atoms with E-state index >= 15 is 0 Å². The standard InChI is InChI=1S/C8H8N2O2/c1-10-5-2-3-7(10)8(11)12-6-4-9/h2-3,5H,6H2,1H3. The normalized spacial score (nSPS) is 9.00. The maximum Gasteiger partial charge on any atom is 0.355 e. The van der Waals surface area contributed by atoms with Crippen molar-refractivity contribution in [3.8, 4) is 6.07 Å². The minimum absolute atomic E-state index is 0.204. The molecule has 0 atom stereocenters. The summed E-state index contributed by atoms with van der Waals surface area (Å²) < 4.78 is 6.23. The fourth-order valence-electron chi connectivity index (χ4n) is 0.845. The number of aryl methyl sites for hydroxylation is 1. The molecule has 0 bridgehead atoms. The van der Waals surface area contributed by atoms with Gasteiger partial charge in [-0.2, -0.15) is 5.26 Å². The Kier molecular flexibility index (Phi) is 2.49. The minimum atomic E-state index is -0.468. The van der Waals surface area contributed by atoms with Crippen molar-refractivity contribution in [2.45, 2.75) is 0 Å². The first-order chi connectivity index (χ1) is 5.75. The predicted molar refractivity (Wildman–Crippen MR) is 41.3 cm³/mol. The first-order valence-electron chi connectivity index (χ1n) is 3.41. The zero-order valence-corrected chi connectivity index (χ0v) is 6.65. The molecule has 0 amide bonds. The van der Waals surface area contributed by atoms with Crippen LogP contribution in [0.15, 0.2) is 18.3 Å². The van der Waals surface area contributed by atoms with Crippen molar-refractivity contribution < 1.29 is 9.53 Å². The van der Waals surface area contributed by atoms with Crippen molar-refractivity contribution >= 4 is 5.97 Å². The summed E-state index contributed by atoms with van der Waals surface area (Å²) in [6.45, 7) is -0.204. The smallest absolute Gasteiger partial charge is 0.355 e. The van der Waals surface area contributed by atoms with E-state index in [1.807, 2.05) is 0 Å². The minimum Gasteiger partial charge on any atom is -0.446 e. The quantitative estimate of drug-likeness (QED) is 0.605. The highest BCUT2D eigenvalue weighted by molar-refractivity contribution is 5.87. The number of carbonyl (C=O) groups is 1. The summed E-state index contributed by atoms with van der Waals surface area (Å²) in [4.78, 5) is 11.1. The molecule has 4 nitrogen and oxygen atoms in total. The van der Waals surface area contributed by atoms with Gasteiger partial charge in [-0.05, 0) is 12.1 Å². The third kappa shape index (κ3) is 1.64. The van der Waals surface area contributed by atoms with Gasteiger partial charge in [0.2, 0.25) is 0 Å². The van der Waals surface area contributed by atoms with E-state index in [1.54, 1.807) is 36.0 Å². The lowest BCUT2D eigenvalue weighted by atomic mass is 10.4. The molecule has 0 aromatic carbocycles. The topological polar surface area (TPSA) is 55.0 Å². The summed E-state index contributed by atoms with van der Waals surface area (Å²) in [7, 11) is 1.74. The molecular weight excluding hydrogens is 156 g/mol. The Morgan fingerprint density at radius 3 is 3.08 bits per heavy atom. The number of rotatable bonds is 2. The molecule has 1 rings (SSSR count). The molecule has 1 heterocycles. The second-order valence-electron chi connectivity index (χ2n) is 2.24. The van der Waals surface area contributed by atoms with Gasteiger partial charge in [0.1, 0.15) is 11.8 Å². The fourth-order valence-corrected chi connectivity index (χ4v) is 0.845. The zero-order chi connectivity index (χ0) is 8.97. The molecule has 62 valence electrons. The van der Waals surface area contributed by atoms with E-state index in [9.17, 15) is 4.79 Å². The Morgan fingerprint density at radius 2 is 2.58 bits per heavy atom. The van der Waals surface area contributed by atoms with Gasteiger partial charge >= 0.3 is 5.97 Å². The van der Waals surface area contributed by atoms with Crippen LogP contribution < -0.4 is 0 Å². The molecule has 0 aliphatic rings. The first kappa shape index (κ1) is 8.34. The van der Waals surface area contributed by atoms with Gasteiger partial charge in [0.15, 0.2) is 6.61 Å². The van der Waals surface area contributed by atoms with Gasteiger partial charge in [-0.25, -0.2) is 4.79 Å². The molecule has 12 heavy (non-hydrogen) atoms. The first-order valence-corrected chi connectivity index (χ1v) is 3.41. The lowest BCUT2D eigenvalue weighted by Crippen LogP contribution is -2.09. The van der Waals surface area contributed by atoms with Crippen LogP contribution in [0.5, 0.6) is 0 Å². The number of hydrogen-bond acceptors (Lipinski definition) is 3. The number of carbonyl (C=O) groups excluding carboxylic acids is 1. The van der Waals surface area contributed by atoms with Crippen LogP contribution in [0.3, 0.4) is 0 Å². The highest BCUT2D eigenvalue weighted by atomic mass is 16.5. The van der Waals surface area contributed by atoms with Crippen molar-refractivity contribution in [3.05, 3.63) is 24.0 Å². The lowest BCUT2D eigenvalue weighted by molar-refractivity contribution is 0.0544. The van der Waals surface area contributed by atoms with E-state index in [4.69, 9.17) is 5.26 Å². The fraction of sp³-hybridized carbons (Fsp3) is 0.250. The molecule has 0 radical (unpaired) electrons. The zero-order valence-electron chi connectivity index (χ0n) is 6.65. The summed E-state index contributed by atoms with van der Waals surface area (Å²) in [6.07, 6.45) is 1.74. The van der Waals surface area contributed by atoms with Crippen molar-refractivity contribution in [2.24, 2.45) is 7.05 Å². The summed E-state index contributed by atoms with van der Waals surface area (Å²) in [5.41, 5.74) is 0.449. The number of aromatic nitrogens is 1.